The molecular weight excluding hydrogens is 392 g/mol. The summed E-state index contributed by atoms with van der Waals surface area (Å²) in [4.78, 5) is 9.35. The maximum atomic E-state index is 5.54. The summed E-state index contributed by atoms with van der Waals surface area (Å²) in [6.45, 7) is 7.95. The van der Waals surface area contributed by atoms with Gasteiger partial charge in [-0.2, -0.15) is 14.6 Å². The van der Waals surface area contributed by atoms with Crippen molar-refractivity contribution in [1.82, 2.24) is 24.7 Å². The smallest absolute Gasteiger partial charge is 0.252 e. The fraction of sp³-hybridized carbons (Fsp3) is 0.391. The quantitative estimate of drug-likeness (QED) is 0.510. The minimum Gasteiger partial charge on any atom is -0.497 e. The van der Waals surface area contributed by atoms with Crippen molar-refractivity contribution in [3.8, 4) is 16.9 Å². The van der Waals surface area contributed by atoms with Gasteiger partial charge in [0.2, 0.25) is 0 Å². The molecule has 0 spiro atoms. The van der Waals surface area contributed by atoms with Crippen molar-refractivity contribution in [2.75, 3.05) is 12.4 Å². The molecule has 8 heteroatoms. The second-order valence-electron chi connectivity index (χ2n) is 8.37. The number of aryl methyl sites for hydroxylation is 4. The predicted octanol–water partition coefficient (Wildman–Crippen LogP) is 4.51. The standard InChI is InChI=1S/C23H26N6O2/c1-13-11-17(30-5)7-8-18(13)20-15(3)27-29-19(12-14(2)24-21(20)29)26-23(9-6-10-23)22-25-16(4)28-31-22/h7-8,11-12,26H,6,9-10H2,1-5H3. The molecule has 8 nitrogen and oxygen atoms in total. The molecule has 0 aliphatic heterocycles. The number of hydrogen-bond donors (Lipinski definition) is 1. The highest BCUT2D eigenvalue weighted by Crippen LogP contribution is 2.44. The number of fused-ring (bicyclic) bond motifs is 1. The lowest BCUT2D eigenvalue weighted by Gasteiger charge is -2.39. The monoisotopic (exact) mass is 418 g/mol. The van der Waals surface area contributed by atoms with E-state index in [1.165, 1.54) is 0 Å². The van der Waals surface area contributed by atoms with Crippen molar-refractivity contribution in [3.63, 3.8) is 0 Å². The Morgan fingerprint density at radius 2 is 1.90 bits per heavy atom. The van der Waals surface area contributed by atoms with Crippen molar-refractivity contribution in [2.24, 2.45) is 0 Å². The van der Waals surface area contributed by atoms with Crippen LogP contribution in [0.3, 0.4) is 0 Å². The second kappa shape index (κ2) is 7.08. The molecule has 0 saturated heterocycles. The number of benzene rings is 1. The van der Waals surface area contributed by atoms with E-state index in [2.05, 4.69) is 28.4 Å². The average molecular weight is 419 g/mol. The van der Waals surface area contributed by atoms with Gasteiger partial charge in [0.1, 0.15) is 17.1 Å². The van der Waals surface area contributed by atoms with Gasteiger partial charge in [-0.3, -0.25) is 0 Å². The van der Waals surface area contributed by atoms with E-state index in [0.29, 0.717) is 11.7 Å². The Morgan fingerprint density at radius 1 is 1.10 bits per heavy atom. The van der Waals surface area contributed by atoms with Gasteiger partial charge in [-0.15, -0.1) is 0 Å². The summed E-state index contributed by atoms with van der Waals surface area (Å²) < 4.78 is 12.8. The molecule has 3 heterocycles. The van der Waals surface area contributed by atoms with Crippen LogP contribution in [0.5, 0.6) is 5.75 Å². The van der Waals surface area contributed by atoms with Crippen molar-refractivity contribution in [1.29, 1.82) is 0 Å². The number of methoxy groups -OCH3 is 1. The van der Waals surface area contributed by atoms with Gasteiger partial charge in [0.25, 0.3) is 5.89 Å². The number of rotatable bonds is 5. The molecule has 0 radical (unpaired) electrons. The van der Waals surface area contributed by atoms with Gasteiger partial charge in [0.05, 0.1) is 12.8 Å². The highest BCUT2D eigenvalue weighted by Gasteiger charge is 2.44. The van der Waals surface area contributed by atoms with Crippen LogP contribution >= 0.6 is 0 Å². The summed E-state index contributed by atoms with van der Waals surface area (Å²) in [5.74, 6) is 2.99. The normalized spacial score (nSPS) is 15.1. The number of anilines is 1. The summed E-state index contributed by atoms with van der Waals surface area (Å²) in [6.07, 6.45) is 2.97. The molecule has 31 heavy (non-hydrogen) atoms. The van der Waals surface area contributed by atoms with E-state index in [4.69, 9.17) is 19.3 Å². The zero-order valence-electron chi connectivity index (χ0n) is 18.5. The molecule has 1 aromatic carbocycles. The summed E-state index contributed by atoms with van der Waals surface area (Å²) in [7, 11) is 1.68. The highest BCUT2D eigenvalue weighted by molar-refractivity contribution is 5.83. The summed E-state index contributed by atoms with van der Waals surface area (Å²) in [5.41, 5.74) is 5.55. The van der Waals surface area contributed by atoms with Gasteiger partial charge in [0, 0.05) is 17.3 Å². The Kier molecular flexibility index (Phi) is 4.46. The predicted molar refractivity (Wildman–Crippen MR) is 117 cm³/mol. The number of ether oxygens (including phenoxy) is 1. The van der Waals surface area contributed by atoms with E-state index >= 15 is 0 Å². The molecule has 0 unspecified atom stereocenters. The van der Waals surface area contributed by atoms with Gasteiger partial charge >= 0.3 is 0 Å². The fourth-order valence-corrected chi connectivity index (χ4v) is 4.35. The van der Waals surface area contributed by atoms with Gasteiger partial charge in [-0.05, 0) is 70.2 Å². The lowest BCUT2D eigenvalue weighted by Crippen LogP contribution is -2.43. The SMILES string of the molecule is COc1ccc(-c2c(C)nn3c(NC4(c5nc(C)no5)CCC4)cc(C)nc23)c(C)c1. The highest BCUT2D eigenvalue weighted by atomic mass is 16.5. The topological polar surface area (TPSA) is 90.4 Å². The number of nitrogens with zero attached hydrogens (tertiary/aromatic N) is 5. The molecule has 1 aliphatic rings. The third-order valence-electron chi connectivity index (χ3n) is 6.11. The van der Waals surface area contributed by atoms with E-state index in [1.54, 1.807) is 7.11 Å². The molecule has 3 aromatic heterocycles. The molecule has 1 saturated carbocycles. The fourth-order valence-electron chi connectivity index (χ4n) is 4.35. The maximum absolute atomic E-state index is 5.54. The number of nitrogens with one attached hydrogen (secondary N) is 1. The molecule has 1 fully saturated rings. The minimum atomic E-state index is -0.363. The van der Waals surface area contributed by atoms with Crippen LogP contribution in [0.2, 0.25) is 0 Å². The van der Waals surface area contributed by atoms with Gasteiger partial charge < -0.3 is 14.6 Å². The molecule has 0 bridgehead atoms. The summed E-state index contributed by atoms with van der Waals surface area (Å²) >= 11 is 0. The van der Waals surface area contributed by atoms with Crippen molar-refractivity contribution in [2.45, 2.75) is 52.5 Å². The second-order valence-corrected chi connectivity index (χ2v) is 8.37. The molecule has 4 aromatic rings. The van der Waals surface area contributed by atoms with E-state index in [1.807, 2.05) is 43.5 Å². The Bertz CT molecular complexity index is 1280. The van der Waals surface area contributed by atoms with Crippen LogP contribution in [0.1, 0.15) is 47.9 Å². The van der Waals surface area contributed by atoms with Gasteiger partial charge in [-0.25, -0.2) is 4.98 Å². The zero-order valence-corrected chi connectivity index (χ0v) is 18.5. The summed E-state index contributed by atoms with van der Waals surface area (Å²) in [6, 6.07) is 8.10. The van der Waals surface area contributed by atoms with Crippen molar-refractivity contribution >= 4 is 11.5 Å². The Balaban J connectivity index is 1.64. The van der Waals surface area contributed by atoms with E-state index in [-0.39, 0.29) is 5.54 Å². The largest absolute Gasteiger partial charge is 0.497 e. The Morgan fingerprint density at radius 3 is 2.52 bits per heavy atom. The lowest BCUT2D eigenvalue weighted by molar-refractivity contribution is 0.203. The first-order valence-corrected chi connectivity index (χ1v) is 10.5. The molecule has 1 N–H and O–H groups in total. The molecule has 0 amide bonds. The number of aromatic nitrogens is 5. The van der Waals surface area contributed by atoms with E-state index < -0.39 is 0 Å². The third kappa shape index (κ3) is 3.13. The minimum absolute atomic E-state index is 0.363. The molecule has 1 aliphatic carbocycles. The average Bonchev–Trinajstić information content (AvgIpc) is 3.28. The lowest BCUT2D eigenvalue weighted by atomic mass is 9.76. The van der Waals surface area contributed by atoms with E-state index in [9.17, 15) is 0 Å². The Hall–Kier alpha value is -3.42. The molecule has 160 valence electrons. The first kappa shape index (κ1) is 19.5. The van der Waals surface area contributed by atoms with Crippen LogP contribution in [0.15, 0.2) is 28.8 Å². The van der Waals surface area contributed by atoms with Crippen LogP contribution in [0, 0.1) is 27.7 Å². The van der Waals surface area contributed by atoms with Crippen LogP contribution in [0.4, 0.5) is 5.82 Å². The van der Waals surface area contributed by atoms with Crippen molar-refractivity contribution in [3.05, 3.63) is 52.9 Å². The first-order chi connectivity index (χ1) is 14.9. The molecular formula is C23H26N6O2. The zero-order chi connectivity index (χ0) is 21.8. The molecule has 5 rings (SSSR count). The summed E-state index contributed by atoms with van der Waals surface area (Å²) in [5, 5.41) is 12.5. The first-order valence-electron chi connectivity index (χ1n) is 10.5. The van der Waals surface area contributed by atoms with Crippen LogP contribution < -0.4 is 10.1 Å². The van der Waals surface area contributed by atoms with Crippen LogP contribution in [-0.2, 0) is 5.54 Å². The third-order valence-corrected chi connectivity index (χ3v) is 6.11. The Labute approximate surface area is 180 Å². The van der Waals surface area contributed by atoms with Crippen molar-refractivity contribution < 1.29 is 9.26 Å². The van der Waals surface area contributed by atoms with E-state index in [0.717, 1.165) is 64.6 Å². The van der Waals surface area contributed by atoms with Crippen LogP contribution in [-0.4, -0.2) is 31.8 Å². The van der Waals surface area contributed by atoms with Gasteiger partial charge in [-0.1, -0.05) is 11.2 Å². The number of hydrogen-bond acceptors (Lipinski definition) is 7. The maximum Gasteiger partial charge on any atom is 0.252 e. The molecule has 0 atom stereocenters. The van der Waals surface area contributed by atoms with Crippen LogP contribution in [0.25, 0.3) is 16.8 Å². The van der Waals surface area contributed by atoms with Gasteiger partial charge in [0.15, 0.2) is 11.5 Å².